The summed E-state index contributed by atoms with van der Waals surface area (Å²) < 4.78 is 5.30. The predicted octanol–water partition coefficient (Wildman–Crippen LogP) is 2.46. The summed E-state index contributed by atoms with van der Waals surface area (Å²) >= 11 is 0. The molecule has 0 saturated carbocycles. The number of aliphatic carboxylic acids is 1. The van der Waals surface area contributed by atoms with Crippen LogP contribution >= 0.6 is 0 Å². The summed E-state index contributed by atoms with van der Waals surface area (Å²) in [7, 11) is 0. The molecule has 0 aromatic heterocycles. The third kappa shape index (κ3) is 5.55. The van der Waals surface area contributed by atoms with Crippen LogP contribution < -0.4 is 5.32 Å². The number of carboxylic acids is 1. The van der Waals surface area contributed by atoms with Gasteiger partial charge in [-0.2, -0.15) is 0 Å². The molecule has 114 valence electrons. The van der Waals surface area contributed by atoms with Gasteiger partial charge in [-0.1, -0.05) is 12.1 Å². The van der Waals surface area contributed by atoms with Crippen molar-refractivity contribution in [3.05, 3.63) is 29.8 Å². The van der Waals surface area contributed by atoms with E-state index in [1.807, 2.05) is 0 Å². The summed E-state index contributed by atoms with van der Waals surface area (Å²) in [6.45, 7) is 1.61. The second-order valence-electron chi connectivity index (χ2n) is 5.41. The van der Waals surface area contributed by atoms with Crippen LogP contribution in [0.15, 0.2) is 24.3 Å². The molecule has 0 spiro atoms. The average Bonchev–Trinajstić information content (AvgIpc) is 2.48. The first-order valence-electron chi connectivity index (χ1n) is 7.32. The SMILES string of the molecule is O=C(O)Cc1ccc(NC(=O)CCC2CCOCC2)cc1. The number of ether oxygens (including phenoxy) is 1. The summed E-state index contributed by atoms with van der Waals surface area (Å²) in [5.74, 6) is -0.266. The van der Waals surface area contributed by atoms with Crippen LogP contribution in [0, 0.1) is 5.92 Å². The zero-order chi connectivity index (χ0) is 15.1. The van der Waals surface area contributed by atoms with E-state index in [0.29, 0.717) is 18.0 Å². The van der Waals surface area contributed by atoms with E-state index in [1.54, 1.807) is 24.3 Å². The fraction of sp³-hybridized carbons (Fsp3) is 0.500. The van der Waals surface area contributed by atoms with E-state index in [9.17, 15) is 9.59 Å². The van der Waals surface area contributed by atoms with Gasteiger partial charge in [-0.05, 0) is 42.9 Å². The molecule has 0 aliphatic carbocycles. The topological polar surface area (TPSA) is 75.6 Å². The van der Waals surface area contributed by atoms with Gasteiger partial charge in [0.25, 0.3) is 0 Å². The highest BCUT2D eigenvalue weighted by atomic mass is 16.5. The molecule has 1 amide bonds. The second-order valence-corrected chi connectivity index (χ2v) is 5.41. The second kappa shape index (κ2) is 7.78. The number of hydrogen-bond acceptors (Lipinski definition) is 3. The van der Waals surface area contributed by atoms with Gasteiger partial charge in [0.2, 0.25) is 5.91 Å². The molecule has 1 heterocycles. The molecule has 1 aromatic carbocycles. The zero-order valence-electron chi connectivity index (χ0n) is 12.0. The highest BCUT2D eigenvalue weighted by Crippen LogP contribution is 2.20. The first-order valence-corrected chi connectivity index (χ1v) is 7.32. The molecule has 21 heavy (non-hydrogen) atoms. The Hall–Kier alpha value is -1.88. The van der Waals surface area contributed by atoms with Crippen LogP contribution in [-0.2, 0) is 20.7 Å². The Morgan fingerprint density at radius 3 is 2.48 bits per heavy atom. The van der Waals surface area contributed by atoms with Gasteiger partial charge in [0.15, 0.2) is 0 Å². The van der Waals surface area contributed by atoms with Crippen LogP contribution in [0.1, 0.15) is 31.2 Å². The fourth-order valence-electron chi connectivity index (χ4n) is 2.47. The Morgan fingerprint density at radius 1 is 1.19 bits per heavy atom. The van der Waals surface area contributed by atoms with Gasteiger partial charge in [-0.3, -0.25) is 9.59 Å². The number of hydrogen-bond donors (Lipinski definition) is 2. The maximum Gasteiger partial charge on any atom is 0.307 e. The quantitative estimate of drug-likeness (QED) is 0.844. The predicted molar refractivity (Wildman–Crippen MR) is 79.2 cm³/mol. The first-order chi connectivity index (χ1) is 10.1. The molecule has 1 aliphatic rings. The van der Waals surface area contributed by atoms with Gasteiger partial charge in [0.1, 0.15) is 0 Å². The number of anilines is 1. The van der Waals surface area contributed by atoms with E-state index >= 15 is 0 Å². The molecule has 0 atom stereocenters. The third-order valence-electron chi connectivity index (χ3n) is 3.71. The summed E-state index contributed by atoms with van der Waals surface area (Å²) in [5, 5.41) is 11.5. The highest BCUT2D eigenvalue weighted by Gasteiger charge is 2.15. The smallest absolute Gasteiger partial charge is 0.307 e. The van der Waals surface area contributed by atoms with Crippen molar-refractivity contribution in [3.8, 4) is 0 Å². The molecule has 2 N–H and O–H groups in total. The maximum absolute atomic E-state index is 11.9. The summed E-state index contributed by atoms with van der Waals surface area (Å²) in [5.41, 5.74) is 1.43. The van der Waals surface area contributed by atoms with Crippen LogP contribution in [0.3, 0.4) is 0 Å². The minimum atomic E-state index is -0.858. The van der Waals surface area contributed by atoms with E-state index in [4.69, 9.17) is 9.84 Å². The Labute approximate surface area is 124 Å². The lowest BCUT2D eigenvalue weighted by atomic mass is 9.95. The van der Waals surface area contributed by atoms with E-state index in [-0.39, 0.29) is 12.3 Å². The molecule has 5 heteroatoms. The van der Waals surface area contributed by atoms with E-state index in [1.165, 1.54) is 0 Å². The van der Waals surface area contributed by atoms with Gasteiger partial charge in [-0.15, -0.1) is 0 Å². The van der Waals surface area contributed by atoms with Crippen LogP contribution in [0.25, 0.3) is 0 Å². The molecule has 0 unspecified atom stereocenters. The minimum absolute atomic E-state index is 0.00201. The number of carboxylic acid groups (broad SMARTS) is 1. The van der Waals surface area contributed by atoms with Gasteiger partial charge < -0.3 is 15.2 Å². The van der Waals surface area contributed by atoms with Crippen molar-refractivity contribution in [2.75, 3.05) is 18.5 Å². The van der Waals surface area contributed by atoms with Crippen molar-refractivity contribution >= 4 is 17.6 Å². The lowest BCUT2D eigenvalue weighted by Crippen LogP contribution is -2.18. The molecule has 5 nitrogen and oxygen atoms in total. The lowest BCUT2D eigenvalue weighted by molar-refractivity contribution is -0.136. The van der Waals surface area contributed by atoms with Crippen LogP contribution in [-0.4, -0.2) is 30.2 Å². The van der Waals surface area contributed by atoms with Gasteiger partial charge in [-0.25, -0.2) is 0 Å². The van der Waals surface area contributed by atoms with Gasteiger partial charge >= 0.3 is 5.97 Å². The number of carbonyl (C=O) groups excluding carboxylic acids is 1. The lowest BCUT2D eigenvalue weighted by Gasteiger charge is -2.21. The van der Waals surface area contributed by atoms with Gasteiger partial charge in [0, 0.05) is 25.3 Å². The molecule has 2 rings (SSSR count). The number of rotatable bonds is 6. The van der Waals surface area contributed by atoms with Crippen molar-refractivity contribution in [2.24, 2.45) is 5.92 Å². The third-order valence-corrected chi connectivity index (χ3v) is 3.71. The van der Waals surface area contributed by atoms with Gasteiger partial charge in [0.05, 0.1) is 6.42 Å². The Bertz CT molecular complexity index is 478. The average molecular weight is 291 g/mol. The normalized spacial score (nSPS) is 15.6. The van der Waals surface area contributed by atoms with E-state index < -0.39 is 5.97 Å². The molecule has 1 aliphatic heterocycles. The zero-order valence-corrected chi connectivity index (χ0v) is 12.0. The van der Waals surface area contributed by atoms with Crippen LogP contribution in [0.4, 0.5) is 5.69 Å². The number of carbonyl (C=O) groups is 2. The summed E-state index contributed by atoms with van der Waals surface area (Å²) in [6.07, 6.45) is 3.49. The van der Waals surface area contributed by atoms with Crippen molar-refractivity contribution in [1.29, 1.82) is 0 Å². The Morgan fingerprint density at radius 2 is 1.86 bits per heavy atom. The molecule has 0 radical (unpaired) electrons. The number of nitrogens with one attached hydrogen (secondary N) is 1. The summed E-state index contributed by atoms with van der Waals surface area (Å²) in [6, 6.07) is 6.93. The van der Waals surface area contributed by atoms with Crippen molar-refractivity contribution in [3.63, 3.8) is 0 Å². The monoisotopic (exact) mass is 291 g/mol. The fourth-order valence-corrected chi connectivity index (χ4v) is 2.47. The standard InChI is InChI=1S/C16H21NO4/c18-15(6-3-12-7-9-21-10-8-12)17-14-4-1-13(2-5-14)11-16(19)20/h1-2,4-5,12H,3,6-11H2,(H,17,18)(H,19,20). The Kier molecular flexibility index (Phi) is 5.75. The Balaban J connectivity index is 1.75. The largest absolute Gasteiger partial charge is 0.481 e. The highest BCUT2D eigenvalue weighted by molar-refractivity contribution is 5.90. The number of amides is 1. The van der Waals surface area contributed by atoms with E-state index in [0.717, 1.165) is 38.0 Å². The van der Waals surface area contributed by atoms with Crippen LogP contribution in [0.5, 0.6) is 0 Å². The van der Waals surface area contributed by atoms with Crippen molar-refractivity contribution in [2.45, 2.75) is 32.1 Å². The molecular weight excluding hydrogens is 270 g/mol. The van der Waals surface area contributed by atoms with Crippen LogP contribution in [0.2, 0.25) is 0 Å². The molecular formula is C16H21NO4. The molecule has 1 aromatic rings. The summed E-state index contributed by atoms with van der Waals surface area (Å²) in [4.78, 5) is 22.5. The molecule has 1 fully saturated rings. The van der Waals surface area contributed by atoms with E-state index in [2.05, 4.69) is 5.32 Å². The van der Waals surface area contributed by atoms with Crippen molar-refractivity contribution < 1.29 is 19.4 Å². The first kappa shape index (κ1) is 15.5. The number of benzene rings is 1. The minimum Gasteiger partial charge on any atom is -0.481 e. The maximum atomic E-state index is 11.9. The molecule has 0 bridgehead atoms. The molecule has 1 saturated heterocycles. The van der Waals surface area contributed by atoms with Crippen molar-refractivity contribution in [1.82, 2.24) is 0 Å².